The number of benzene rings is 2. The van der Waals surface area contributed by atoms with E-state index in [1.54, 1.807) is 0 Å². The van der Waals surface area contributed by atoms with Crippen LogP contribution in [-0.4, -0.2) is 39.2 Å². The average Bonchev–Trinajstić information content (AvgIpc) is 2.76. The molecule has 0 aromatic heterocycles. The second kappa shape index (κ2) is 12.1. The number of ether oxygens (including phenoxy) is 1. The number of hydrogen-bond acceptors (Lipinski definition) is 2. The Morgan fingerprint density at radius 1 is 1.00 bits per heavy atom. The Kier molecular flexibility index (Phi) is 9.20. The van der Waals surface area contributed by atoms with Crippen LogP contribution in [-0.2, 0) is 0 Å². The minimum absolute atomic E-state index is 0.101. The van der Waals surface area contributed by atoms with E-state index in [0.29, 0.717) is 0 Å². The molecule has 154 valence electrons. The van der Waals surface area contributed by atoms with E-state index in [9.17, 15) is 0 Å². The summed E-state index contributed by atoms with van der Waals surface area (Å²) in [7, 11) is 0. The zero-order valence-electron chi connectivity index (χ0n) is 17.9. The fraction of sp³-hybridized carbons (Fsp3) is 0.462. The standard InChI is InChI=1S/C26H34AsNO/c1-27(2)18-17-26(29-25-15-5-3-6-16-25)24-14-11-13-23(22-24)12-7-10-21-28-19-8-4-9-20-28/h3,5-6,11,13-16,22,26H,4,8-10,17-21H2,1-2H3. The predicted molar refractivity (Wildman–Crippen MR) is 125 cm³/mol. The maximum atomic E-state index is 6.38. The van der Waals surface area contributed by atoms with Crippen LogP contribution in [0, 0.1) is 11.8 Å². The van der Waals surface area contributed by atoms with Gasteiger partial charge in [-0.2, -0.15) is 0 Å². The molecular formula is C26H34AsNO. The monoisotopic (exact) mass is 451 g/mol. The van der Waals surface area contributed by atoms with E-state index < -0.39 is 14.7 Å². The van der Waals surface area contributed by atoms with Crippen molar-refractivity contribution in [3.63, 3.8) is 0 Å². The quantitative estimate of drug-likeness (QED) is 0.351. The third kappa shape index (κ3) is 7.92. The first-order valence-corrected chi connectivity index (χ1v) is 16.0. The van der Waals surface area contributed by atoms with E-state index in [2.05, 4.69) is 52.4 Å². The van der Waals surface area contributed by atoms with Crippen molar-refractivity contribution in [2.24, 2.45) is 0 Å². The summed E-state index contributed by atoms with van der Waals surface area (Å²) >= 11 is -0.684. The molecule has 1 aliphatic rings. The molecule has 0 radical (unpaired) electrons. The number of hydrogen-bond donors (Lipinski definition) is 0. The molecule has 2 aromatic carbocycles. The average molecular weight is 451 g/mol. The Morgan fingerprint density at radius 3 is 2.55 bits per heavy atom. The Balaban J connectivity index is 1.64. The van der Waals surface area contributed by atoms with E-state index in [0.717, 1.165) is 30.7 Å². The molecule has 1 fully saturated rings. The van der Waals surface area contributed by atoms with Gasteiger partial charge < -0.3 is 0 Å². The Labute approximate surface area is 181 Å². The zero-order valence-corrected chi connectivity index (χ0v) is 19.8. The van der Waals surface area contributed by atoms with Crippen LogP contribution in [0.25, 0.3) is 0 Å². The molecule has 0 aliphatic carbocycles. The molecule has 0 amide bonds. The van der Waals surface area contributed by atoms with Crippen LogP contribution in [0.15, 0.2) is 54.6 Å². The van der Waals surface area contributed by atoms with Crippen molar-refractivity contribution in [2.75, 3.05) is 19.6 Å². The van der Waals surface area contributed by atoms with E-state index in [4.69, 9.17) is 4.74 Å². The Bertz CT molecular complexity index is 787. The van der Waals surface area contributed by atoms with Gasteiger partial charge in [-0.25, -0.2) is 0 Å². The summed E-state index contributed by atoms with van der Waals surface area (Å²) in [4.78, 5) is 2.55. The first-order valence-electron chi connectivity index (χ1n) is 10.9. The first kappa shape index (κ1) is 22.0. The van der Waals surface area contributed by atoms with Crippen molar-refractivity contribution in [1.82, 2.24) is 4.90 Å². The molecule has 3 rings (SSSR count). The molecule has 0 bridgehead atoms. The molecular weight excluding hydrogens is 417 g/mol. The number of rotatable bonds is 8. The Morgan fingerprint density at radius 2 is 1.79 bits per heavy atom. The van der Waals surface area contributed by atoms with Gasteiger partial charge in [0.05, 0.1) is 0 Å². The summed E-state index contributed by atoms with van der Waals surface area (Å²) in [5.74, 6) is 7.72. The number of piperidine rings is 1. The second-order valence-corrected chi connectivity index (χ2v) is 13.6. The van der Waals surface area contributed by atoms with Crippen molar-refractivity contribution in [1.29, 1.82) is 0 Å². The predicted octanol–water partition coefficient (Wildman–Crippen LogP) is 6.18. The van der Waals surface area contributed by atoms with Crippen LogP contribution >= 0.6 is 0 Å². The number of likely N-dealkylation sites (tertiary alicyclic amines) is 1. The molecule has 2 nitrogen and oxygen atoms in total. The van der Waals surface area contributed by atoms with Crippen LogP contribution in [0.5, 0.6) is 5.75 Å². The molecule has 3 heteroatoms. The van der Waals surface area contributed by atoms with Gasteiger partial charge in [-0.1, -0.05) is 6.42 Å². The summed E-state index contributed by atoms with van der Waals surface area (Å²) < 4.78 is 6.38. The molecule has 2 aromatic rings. The van der Waals surface area contributed by atoms with Gasteiger partial charge in [0, 0.05) is 0 Å². The van der Waals surface area contributed by atoms with Crippen LogP contribution in [0.2, 0.25) is 16.6 Å². The van der Waals surface area contributed by atoms with Crippen molar-refractivity contribution >= 4 is 14.7 Å². The number of nitrogens with zero attached hydrogens (tertiary/aromatic N) is 1. The summed E-state index contributed by atoms with van der Waals surface area (Å²) in [6.07, 6.45) is 6.21. The molecule has 1 heterocycles. The van der Waals surface area contributed by atoms with Gasteiger partial charge in [0.25, 0.3) is 0 Å². The molecule has 1 aliphatic heterocycles. The Hall–Kier alpha value is -1.68. The van der Waals surface area contributed by atoms with Crippen molar-refractivity contribution in [2.45, 2.75) is 54.8 Å². The SMILES string of the molecule is C[As](C)CCC(Oc1ccccc1)c1cccc(C#CCCN2CCCCC2)c1. The molecule has 0 spiro atoms. The fourth-order valence-electron chi connectivity index (χ4n) is 3.71. The third-order valence-corrected chi connectivity index (χ3v) is 7.77. The van der Waals surface area contributed by atoms with Gasteiger partial charge in [-0.05, 0) is 12.8 Å². The fourth-order valence-corrected chi connectivity index (χ4v) is 5.29. The normalized spacial score (nSPS) is 15.6. The van der Waals surface area contributed by atoms with Gasteiger partial charge in [0.15, 0.2) is 0 Å². The van der Waals surface area contributed by atoms with E-state index in [1.165, 1.54) is 43.1 Å². The number of para-hydroxylation sites is 1. The van der Waals surface area contributed by atoms with Gasteiger partial charge in [0.2, 0.25) is 0 Å². The van der Waals surface area contributed by atoms with Crippen LogP contribution in [0.3, 0.4) is 0 Å². The van der Waals surface area contributed by atoms with E-state index in [1.807, 2.05) is 30.3 Å². The van der Waals surface area contributed by atoms with E-state index in [-0.39, 0.29) is 6.10 Å². The first-order chi connectivity index (χ1) is 14.2. The van der Waals surface area contributed by atoms with Gasteiger partial charge >= 0.3 is 163 Å². The molecule has 0 saturated carbocycles. The zero-order chi connectivity index (χ0) is 20.3. The second-order valence-electron chi connectivity index (χ2n) is 8.09. The molecule has 1 unspecified atom stereocenters. The van der Waals surface area contributed by atoms with Crippen LogP contribution in [0.1, 0.15) is 49.3 Å². The van der Waals surface area contributed by atoms with Gasteiger partial charge in [-0.3, -0.25) is 0 Å². The van der Waals surface area contributed by atoms with Crippen molar-refractivity contribution < 1.29 is 4.74 Å². The molecule has 0 N–H and O–H groups in total. The van der Waals surface area contributed by atoms with E-state index >= 15 is 0 Å². The van der Waals surface area contributed by atoms with Gasteiger partial charge in [-0.15, -0.1) is 0 Å². The molecule has 1 saturated heterocycles. The van der Waals surface area contributed by atoms with Gasteiger partial charge in [0.1, 0.15) is 0 Å². The van der Waals surface area contributed by atoms with Crippen LogP contribution in [0.4, 0.5) is 0 Å². The van der Waals surface area contributed by atoms with Crippen molar-refractivity contribution in [3.8, 4) is 17.6 Å². The summed E-state index contributed by atoms with van der Waals surface area (Å²) in [5.41, 5.74) is 7.17. The maximum absolute atomic E-state index is 6.38. The molecule has 29 heavy (non-hydrogen) atoms. The minimum atomic E-state index is -0.684. The molecule has 1 atom stereocenters. The topological polar surface area (TPSA) is 12.5 Å². The third-order valence-electron chi connectivity index (χ3n) is 5.35. The van der Waals surface area contributed by atoms with Crippen LogP contribution < -0.4 is 4.74 Å². The summed E-state index contributed by atoms with van der Waals surface area (Å²) in [6, 6.07) is 18.9. The van der Waals surface area contributed by atoms with Crippen molar-refractivity contribution in [3.05, 3.63) is 65.7 Å². The summed E-state index contributed by atoms with van der Waals surface area (Å²) in [5, 5.41) is 1.29. The summed E-state index contributed by atoms with van der Waals surface area (Å²) in [6.45, 7) is 3.59.